The number of hydrogen-bond donors (Lipinski definition) is 1. The number of likely N-dealkylation sites (tertiary alicyclic amines) is 1. The summed E-state index contributed by atoms with van der Waals surface area (Å²) in [5, 5.41) is 2.82. The molecule has 0 aromatic heterocycles. The van der Waals surface area contributed by atoms with Gasteiger partial charge in [-0.3, -0.25) is 19.2 Å². The third kappa shape index (κ3) is 5.84. The minimum Gasteiger partial charge on any atom is -0.480 e. The molecule has 4 rings (SSSR count). The number of para-hydroxylation sites is 1. The molecule has 1 fully saturated rings. The topological polar surface area (TPSA) is 105 Å². The van der Waals surface area contributed by atoms with Gasteiger partial charge in [-0.25, -0.2) is 0 Å². The summed E-state index contributed by atoms with van der Waals surface area (Å²) in [7, 11) is 1.56. The number of ether oxygens (including phenoxy) is 2. The summed E-state index contributed by atoms with van der Waals surface area (Å²) in [5.74, 6) is -0.772. The van der Waals surface area contributed by atoms with Gasteiger partial charge in [0.1, 0.15) is 5.75 Å². The van der Waals surface area contributed by atoms with Crippen molar-refractivity contribution in [3.63, 3.8) is 0 Å². The Kier molecular flexibility index (Phi) is 7.87. The smallest absolute Gasteiger partial charge is 0.310 e. The second kappa shape index (κ2) is 11.2. The molecule has 9 heteroatoms. The van der Waals surface area contributed by atoms with Gasteiger partial charge in [-0.15, -0.1) is 0 Å². The normalized spacial score (nSPS) is 18.6. The summed E-state index contributed by atoms with van der Waals surface area (Å²) in [4.78, 5) is 53.6. The molecule has 0 saturated carbocycles. The molecule has 36 heavy (non-hydrogen) atoms. The lowest BCUT2D eigenvalue weighted by atomic mass is 9.98. The summed E-state index contributed by atoms with van der Waals surface area (Å²) in [6.07, 6.45) is 1.25. The van der Waals surface area contributed by atoms with Crippen LogP contribution >= 0.6 is 0 Å². The minimum absolute atomic E-state index is 0.112. The minimum atomic E-state index is -0.634. The number of rotatable bonds is 7. The fraction of sp³-hybridized carbons (Fsp3) is 0.407. The number of benzene rings is 2. The average molecular weight is 494 g/mol. The molecular weight excluding hydrogens is 462 g/mol. The highest BCUT2D eigenvalue weighted by Gasteiger charge is 2.31. The van der Waals surface area contributed by atoms with E-state index in [1.54, 1.807) is 43.1 Å². The van der Waals surface area contributed by atoms with Gasteiger partial charge in [0.05, 0.1) is 19.1 Å². The number of nitrogens with one attached hydrogen (secondary N) is 1. The zero-order valence-electron chi connectivity index (χ0n) is 20.6. The first-order valence-corrected chi connectivity index (χ1v) is 12.2. The SMILES string of the molecule is CCOC(=O)C1CCCN(C(=O)CN(C)C(=O)c2cccc(NC(=O)C3Cc4ccccc4O3)c2)C1. The Morgan fingerprint density at radius 3 is 2.72 bits per heavy atom. The molecule has 0 aliphatic carbocycles. The van der Waals surface area contributed by atoms with Crippen molar-refractivity contribution in [2.45, 2.75) is 32.3 Å². The molecule has 0 bridgehead atoms. The van der Waals surface area contributed by atoms with Crippen LogP contribution in [0.5, 0.6) is 5.75 Å². The quantitative estimate of drug-likeness (QED) is 0.595. The van der Waals surface area contributed by atoms with Crippen LogP contribution in [0.1, 0.15) is 35.7 Å². The van der Waals surface area contributed by atoms with Crippen molar-refractivity contribution in [2.24, 2.45) is 5.92 Å². The van der Waals surface area contributed by atoms with Gasteiger partial charge in [-0.2, -0.15) is 0 Å². The molecule has 2 heterocycles. The lowest BCUT2D eigenvalue weighted by Gasteiger charge is -2.32. The van der Waals surface area contributed by atoms with Crippen LogP contribution in [0.25, 0.3) is 0 Å². The molecule has 1 N–H and O–H groups in total. The molecule has 9 nitrogen and oxygen atoms in total. The number of piperidine rings is 1. The van der Waals surface area contributed by atoms with Crippen LogP contribution < -0.4 is 10.1 Å². The number of likely N-dealkylation sites (N-methyl/N-ethyl adjacent to an activating group) is 1. The predicted molar refractivity (Wildman–Crippen MR) is 133 cm³/mol. The maximum atomic E-state index is 13.0. The van der Waals surface area contributed by atoms with E-state index in [2.05, 4.69) is 5.32 Å². The van der Waals surface area contributed by atoms with E-state index < -0.39 is 6.10 Å². The average Bonchev–Trinajstić information content (AvgIpc) is 3.33. The molecule has 3 amide bonds. The molecule has 2 aromatic carbocycles. The fourth-order valence-corrected chi connectivity index (χ4v) is 4.53. The fourth-order valence-electron chi connectivity index (χ4n) is 4.53. The summed E-state index contributed by atoms with van der Waals surface area (Å²) < 4.78 is 10.8. The van der Waals surface area contributed by atoms with Crippen molar-refractivity contribution in [3.8, 4) is 5.75 Å². The standard InChI is InChI=1S/C27H31N3O6/c1-3-35-27(34)20-10-7-13-30(16-20)24(31)17-29(2)26(33)19-9-6-11-21(14-19)28-25(32)23-15-18-8-4-5-12-22(18)36-23/h4-6,8-9,11-12,14,20,23H,3,7,10,13,15-17H2,1-2H3,(H,28,32). The maximum Gasteiger partial charge on any atom is 0.310 e. The van der Waals surface area contributed by atoms with Crippen molar-refractivity contribution in [2.75, 3.05) is 38.6 Å². The first kappa shape index (κ1) is 25.2. The Balaban J connectivity index is 1.32. The first-order valence-electron chi connectivity index (χ1n) is 12.2. The lowest BCUT2D eigenvalue weighted by molar-refractivity contribution is -0.151. The van der Waals surface area contributed by atoms with E-state index in [0.717, 1.165) is 5.56 Å². The number of anilines is 1. The summed E-state index contributed by atoms with van der Waals surface area (Å²) in [5.41, 5.74) is 1.80. The zero-order valence-corrected chi connectivity index (χ0v) is 20.6. The molecule has 0 spiro atoms. The number of carbonyl (C=O) groups excluding carboxylic acids is 4. The molecule has 2 atom stereocenters. The highest BCUT2D eigenvalue weighted by atomic mass is 16.5. The Labute approximate surface area is 210 Å². The van der Waals surface area contributed by atoms with Crippen LogP contribution in [0.4, 0.5) is 5.69 Å². The van der Waals surface area contributed by atoms with Gasteiger partial charge < -0.3 is 24.6 Å². The third-order valence-electron chi connectivity index (χ3n) is 6.43. The largest absolute Gasteiger partial charge is 0.480 e. The van der Waals surface area contributed by atoms with Crippen molar-refractivity contribution in [1.29, 1.82) is 0 Å². The van der Waals surface area contributed by atoms with Crippen LogP contribution in [0.15, 0.2) is 48.5 Å². The van der Waals surface area contributed by atoms with Gasteiger partial charge in [0.25, 0.3) is 11.8 Å². The van der Waals surface area contributed by atoms with E-state index >= 15 is 0 Å². The Morgan fingerprint density at radius 1 is 1.14 bits per heavy atom. The highest BCUT2D eigenvalue weighted by Crippen LogP contribution is 2.28. The molecule has 0 radical (unpaired) electrons. The highest BCUT2D eigenvalue weighted by molar-refractivity contribution is 5.99. The number of hydrogen-bond acceptors (Lipinski definition) is 6. The van der Waals surface area contributed by atoms with Gasteiger partial charge in [-0.1, -0.05) is 24.3 Å². The van der Waals surface area contributed by atoms with Gasteiger partial charge in [0.15, 0.2) is 6.10 Å². The van der Waals surface area contributed by atoms with Gasteiger partial charge in [0, 0.05) is 37.8 Å². The molecular formula is C27H31N3O6. The zero-order chi connectivity index (χ0) is 25.7. The second-order valence-corrected chi connectivity index (χ2v) is 9.08. The maximum absolute atomic E-state index is 13.0. The predicted octanol–water partition coefficient (Wildman–Crippen LogP) is 2.50. The Morgan fingerprint density at radius 2 is 1.94 bits per heavy atom. The number of fused-ring (bicyclic) bond motifs is 1. The molecule has 190 valence electrons. The van der Waals surface area contributed by atoms with Crippen molar-refractivity contribution in [1.82, 2.24) is 9.80 Å². The molecule has 2 aliphatic heterocycles. The molecule has 2 unspecified atom stereocenters. The number of esters is 1. The van der Waals surface area contributed by atoms with Crippen molar-refractivity contribution >= 4 is 29.4 Å². The lowest BCUT2D eigenvalue weighted by Crippen LogP contribution is -2.47. The van der Waals surface area contributed by atoms with Crippen molar-refractivity contribution in [3.05, 3.63) is 59.7 Å². The van der Waals surface area contributed by atoms with E-state index in [1.165, 1.54) is 4.90 Å². The van der Waals surface area contributed by atoms with Crippen LogP contribution in [0, 0.1) is 5.92 Å². The number of carbonyl (C=O) groups is 4. The van der Waals surface area contributed by atoms with E-state index in [9.17, 15) is 19.2 Å². The summed E-state index contributed by atoms with van der Waals surface area (Å²) in [6, 6.07) is 14.1. The number of amides is 3. The van der Waals surface area contributed by atoms with E-state index in [4.69, 9.17) is 9.47 Å². The summed E-state index contributed by atoms with van der Waals surface area (Å²) in [6.45, 7) is 2.80. The first-order chi connectivity index (χ1) is 17.4. The number of nitrogens with zero attached hydrogens (tertiary/aromatic N) is 2. The second-order valence-electron chi connectivity index (χ2n) is 9.08. The third-order valence-corrected chi connectivity index (χ3v) is 6.43. The monoisotopic (exact) mass is 493 g/mol. The molecule has 2 aliphatic rings. The Hall–Kier alpha value is -3.88. The summed E-state index contributed by atoms with van der Waals surface area (Å²) >= 11 is 0. The molecule has 2 aromatic rings. The van der Waals surface area contributed by atoms with Crippen LogP contribution in [0.3, 0.4) is 0 Å². The van der Waals surface area contributed by atoms with Gasteiger partial charge in [-0.05, 0) is 49.6 Å². The molecule has 1 saturated heterocycles. The van der Waals surface area contributed by atoms with E-state index in [0.29, 0.717) is 56.0 Å². The van der Waals surface area contributed by atoms with E-state index in [1.807, 2.05) is 24.3 Å². The van der Waals surface area contributed by atoms with Crippen LogP contribution in [0.2, 0.25) is 0 Å². The Bertz CT molecular complexity index is 1120. The van der Waals surface area contributed by atoms with Gasteiger partial charge >= 0.3 is 5.97 Å². The van der Waals surface area contributed by atoms with Gasteiger partial charge in [0.2, 0.25) is 5.91 Å². The van der Waals surface area contributed by atoms with Crippen molar-refractivity contribution < 1.29 is 28.7 Å². The van der Waals surface area contributed by atoms with Crippen LogP contribution in [-0.2, 0) is 25.5 Å². The van der Waals surface area contributed by atoms with E-state index in [-0.39, 0.29) is 36.2 Å². The van der Waals surface area contributed by atoms with Crippen LogP contribution in [-0.4, -0.2) is 72.9 Å².